The van der Waals surface area contributed by atoms with Crippen LogP contribution in [0.15, 0.2) is 48.0 Å². The first kappa shape index (κ1) is 24.2. The third kappa shape index (κ3) is 6.36. The van der Waals surface area contributed by atoms with Gasteiger partial charge < -0.3 is 25.0 Å². The smallest absolute Gasteiger partial charge is 0.240 e. The largest absolute Gasteiger partial charge is 0.454 e. The van der Waals surface area contributed by atoms with Crippen LogP contribution in [-0.4, -0.2) is 36.0 Å². The van der Waals surface area contributed by atoms with Gasteiger partial charge in [0.2, 0.25) is 24.5 Å². The number of thiazole rings is 1. The molecule has 4 rings (SSSR count). The van der Waals surface area contributed by atoms with Gasteiger partial charge in [0.05, 0.1) is 0 Å². The van der Waals surface area contributed by atoms with Crippen molar-refractivity contribution in [1.82, 2.24) is 10.3 Å². The lowest BCUT2D eigenvalue weighted by Gasteiger charge is -2.24. The van der Waals surface area contributed by atoms with E-state index in [1.807, 2.05) is 44.2 Å². The van der Waals surface area contributed by atoms with Crippen molar-refractivity contribution in [3.8, 4) is 11.5 Å². The predicted molar refractivity (Wildman–Crippen MR) is 133 cm³/mol. The number of rotatable bonds is 9. The molecule has 0 atom stereocenters. The van der Waals surface area contributed by atoms with E-state index >= 15 is 0 Å². The summed E-state index contributed by atoms with van der Waals surface area (Å²) < 4.78 is 10.7. The molecule has 35 heavy (non-hydrogen) atoms. The lowest BCUT2D eigenvalue weighted by atomic mass is 10.1. The minimum absolute atomic E-state index is 0.0153. The quantitative estimate of drug-likeness (QED) is 0.471. The average molecular weight is 495 g/mol. The number of anilines is 2. The van der Waals surface area contributed by atoms with Gasteiger partial charge in [-0.15, -0.1) is 11.3 Å². The molecule has 10 heteroatoms. The molecule has 1 aromatic heterocycles. The number of aryl methyl sites for hydroxylation is 2. The maximum absolute atomic E-state index is 13.2. The van der Waals surface area contributed by atoms with Gasteiger partial charge in [-0.3, -0.25) is 14.4 Å². The van der Waals surface area contributed by atoms with Crippen LogP contribution in [0.3, 0.4) is 0 Å². The van der Waals surface area contributed by atoms with Crippen LogP contribution in [0.2, 0.25) is 0 Å². The molecule has 0 aliphatic carbocycles. The number of fused-ring (bicyclic) bond motifs is 1. The van der Waals surface area contributed by atoms with Crippen LogP contribution in [0.25, 0.3) is 0 Å². The molecule has 3 amide bonds. The molecule has 182 valence electrons. The van der Waals surface area contributed by atoms with E-state index in [-0.39, 0.29) is 50.4 Å². The molecule has 0 radical (unpaired) electrons. The monoisotopic (exact) mass is 494 g/mol. The fourth-order valence-corrected chi connectivity index (χ4v) is 4.14. The molecule has 1 aliphatic heterocycles. The number of hydrogen-bond acceptors (Lipinski definition) is 7. The van der Waals surface area contributed by atoms with Gasteiger partial charge in [0.15, 0.2) is 16.6 Å². The van der Waals surface area contributed by atoms with Gasteiger partial charge in [0.1, 0.15) is 6.54 Å². The Morgan fingerprint density at radius 2 is 1.86 bits per heavy atom. The Bertz CT molecular complexity index is 1230. The number of benzene rings is 2. The minimum Gasteiger partial charge on any atom is -0.454 e. The fraction of sp³-hybridized carbons (Fsp3) is 0.280. The molecule has 0 unspecified atom stereocenters. The highest BCUT2D eigenvalue weighted by Crippen LogP contribution is 2.32. The highest BCUT2D eigenvalue weighted by atomic mass is 32.1. The van der Waals surface area contributed by atoms with Crippen LogP contribution >= 0.6 is 11.3 Å². The summed E-state index contributed by atoms with van der Waals surface area (Å²) >= 11 is 1.30. The van der Waals surface area contributed by atoms with Crippen LogP contribution in [0, 0.1) is 13.8 Å². The predicted octanol–water partition coefficient (Wildman–Crippen LogP) is 3.56. The average Bonchev–Trinajstić information content (AvgIpc) is 3.53. The number of amides is 3. The maximum atomic E-state index is 13.2. The summed E-state index contributed by atoms with van der Waals surface area (Å²) in [6.45, 7) is 4.10. The molecule has 0 saturated carbocycles. The SMILES string of the molecule is Cc1ccc(C)c(N(CC(=O)NCc2ccc3c(c2)OCO3)C(=O)CCC(=O)Nc2nccs2)c1. The molecule has 9 nitrogen and oxygen atoms in total. The van der Waals surface area contributed by atoms with Crippen molar-refractivity contribution in [2.75, 3.05) is 23.6 Å². The standard InChI is InChI=1S/C25H26N4O5S/c1-16-3-4-17(2)19(11-16)29(24(32)8-7-22(30)28-25-26-9-10-35-25)14-23(31)27-13-18-5-6-20-21(12-18)34-15-33-20/h3-6,9-12H,7-8,13-15H2,1-2H3,(H,27,31)(H,26,28,30). The Hall–Kier alpha value is -3.92. The molecule has 2 heterocycles. The lowest BCUT2D eigenvalue weighted by molar-refractivity contribution is -0.125. The summed E-state index contributed by atoms with van der Waals surface area (Å²) in [5, 5.41) is 7.77. The van der Waals surface area contributed by atoms with Gasteiger partial charge >= 0.3 is 0 Å². The number of carbonyl (C=O) groups excluding carboxylic acids is 3. The zero-order valence-electron chi connectivity index (χ0n) is 19.5. The van der Waals surface area contributed by atoms with Gasteiger partial charge in [-0.2, -0.15) is 0 Å². The Kier molecular flexibility index (Phi) is 7.61. The van der Waals surface area contributed by atoms with Crippen LogP contribution in [0.1, 0.15) is 29.5 Å². The number of carbonyl (C=O) groups is 3. The summed E-state index contributed by atoms with van der Waals surface area (Å²) in [6.07, 6.45) is 1.54. The van der Waals surface area contributed by atoms with Gasteiger partial charge in [0.25, 0.3) is 0 Å². The van der Waals surface area contributed by atoms with Crippen molar-refractivity contribution in [1.29, 1.82) is 0 Å². The van der Waals surface area contributed by atoms with Crippen molar-refractivity contribution >= 4 is 39.9 Å². The summed E-state index contributed by atoms with van der Waals surface area (Å²) in [6, 6.07) is 11.2. The van der Waals surface area contributed by atoms with Gasteiger partial charge in [0, 0.05) is 36.7 Å². The van der Waals surface area contributed by atoms with Crippen molar-refractivity contribution in [3.63, 3.8) is 0 Å². The zero-order valence-corrected chi connectivity index (χ0v) is 20.3. The summed E-state index contributed by atoms with van der Waals surface area (Å²) in [7, 11) is 0. The van der Waals surface area contributed by atoms with Gasteiger partial charge in [-0.05, 0) is 48.7 Å². The lowest BCUT2D eigenvalue weighted by Crippen LogP contribution is -2.41. The number of aromatic nitrogens is 1. The Morgan fingerprint density at radius 3 is 2.66 bits per heavy atom. The van der Waals surface area contributed by atoms with Crippen LogP contribution < -0.4 is 25.0 Å². The summed E-state index contributed by atoms with van der Waals surface area (Å²) in [4.78, 5) is 43.7. The van der Waals surface area contributed by atoms with E-state index in [9.17, 15) is 14.4 Å². The van der Waals surface area contributed by atoms with Crippen molar-refractivity contribution in [3.05, 3.63) is 64.7 Å². The van der Waals surface area contributed by atoms with E-state index in [1.54, 1.807) is 17.6 Å². The third-order valence-electron chi connectivity index (χ3n) is 5.43. The first-order valence-electron chi connectivity index (χ1n) is 11.1. The number of hydrogen-bond donors (Lipinski definition) is 2. The third-order valence-corrected chi connectivity index (χ3v) is 6.12. The molecule has 0 spiro atoms. The second-order valence-electron chi connectivity index (χ2n) is 8.12. The normalized spacial score (nSPS) is 11.7. The van der Waals surface area contributed by atoms with Crippen molar-refractivity contribution in [2.24, 2.45) is 0 Å². The molecule has 0 fully saturated rings. The van der Waals surface area contributed by atoms with Crippen molar-refractivity contribution in [2.45, 2.75) is 33.2 Å². The fourth-order valence-electron chi connectivity index (χ4n) is 3.59. The number of nitrogens with zero attached hydrogens (tertiary/aromatic N) is 2. The summed E-state index contributed by atoms with van der Waals surface area (Å²) in [5.41, 5.74) is 3.32. The molecule has 0 saturated heterocycles. The molecule has 2 aromatic carbocycles. The molecule has 1 aliphatic rings. The highest BCUT2D eigenvalue weighted by Gasteiger charge is 2.22. The van der Waals surface area contributed by atoms with Crippen LogP contribution in [-0.2, 0) is 20.9 Å². The van der Waals surface area contributed by atoms with E-state index < -0.39 is 0 Å². The van der Waals surface area contributed by atoms with Crippen molar-refractivity contribution < 1.29 is 23.9 Å². The topological polar surface area (TPSA) is 110 Å². The number of ether oxygens (including phenoxy) is 2. The zero-order chi connectivity index (χ0) is 24.8. The van der Waals surface area contributed by atoms with E-state index in [1.165, 1.54) is 16.2 Å². The first-order chi connectivity index (χ1) is 16.9. The summed E-state index contributed by atoms with van der Waals surface area (Å²) in [5.74, 6) is 0.377. The number of nitrogens with one attached hydrogen (secondary N) is 2. The second-order valence-corrected chi connectivity index (χ2v) is 9.01. The Labute approximate surface area is 207 Å². The van der Waals surface area contributed by atoms with E-state index in [0.717, 1.165) is 16.7 Å². The Morgan fingerprint density at radius 1 is 1.03 bits per heavy atom. The maximum Gasteiger partial charge on any atom is 0.240 e. The molecular formula is C25H26N4O5S. The van der Waals surface area contributed by atoms with E-state index in [2.05, 4.69) is 15.6 Å². The molecular weight excluding hydrogens is 468 g/mol. The Balaban J connectivity index is 1.41. The van der Waals surface area contributed by atoms with Crippen LogP contribution in [0.5, 0.6) is 11.5 Å². The van der Waals surface area contributed by atoms with E-state index in [4.69, 9.17) is 9.47 Å². The second kappa shape index (κ2) is 11.0. The molecule has 0 bridgehead atoms. The van der Waals surface area contributed by atoms with Gasteiger partial charge in [-0.1, -0.05) is 18.2 Å². The van der Waals surface area contributed by atoms with E-state index in [0.29, 0.717) is 22.3 Å². The molecule has 3 aromatic rings. The molecule has 2 N–H and O–H groups in total. The van der Waals surface area contributed by atoms with Gasteiger partial charge in [-0.25, -0.2) is 4.98 Å². The van der Waals surface area contributed by atoms with Crippen LogP contribution in [0.4, 0.5) is 10.8 Å². The highest BCUT2D eigenvalue weighted by molar-refractivity contribution is 7.13. The first-order valence-corrected chi connectivity index (χ1v) is 12.0. The minimum atomic E-state index is -0.316.